The molecule has 0 bridgehead atoms. The second-order valence-electron chi connectivity index (χ2n) is 5.84. The molecule has 1 saturated heterocycles. The molecule has 0 radical (unpaired) electrons. The van der Waals surface area contributed by atoms with E-state index in [-0.39, 0.29) is 12.0 Å². The highest BCUT2D eigenvalue weighted by molar-refractivity contribution is 6.30. The minimum atomic E-state index is -0.148. The molecule has 1 N–H and O–H groups in total. The van der Waals surface area contributed by atoms with Crippen LogP contribution in [0.3, 0.4) is 0 Å². The van der Waals surface area contributed by atoms with Gasteiger partial charge in [0, 0.05) is 29.4 Å². The first kappa shape index (κ1) is 17.0. The Morgan fingerprint density at radius 2 is 1.92 bits per heavy atom. The van der Waals surface area contributed by atoms with E-state index in [0.717, 1.165) is 37.5 Å². The standard InChI is InChI=1S/C19H21ClN2O2/c1-2-22-11-12-24-18(13-22)14-5-9-17(10-6-14)21-19(23)15-3-7-16(20)8-4-15/h3-10,18H,2,11-13H2,1H3,(H,21,23). The van der Waals surface area contributed by atoms with Crippen molar-refractivity contribution in [1.82, 2.24) is 4.90 Å². The van der Waals surface area contributed by atoms with E-state index in [0.29, 0.717) is 10.6 Å². The number of hydrogen-bond donors (Lipinski definition) is 1. The molecule has 1 aliphatic heterocycles. The summed E-state index contributed by atoms with van der Waals surface area (Å²) in [5.41, 5.74) is 2.48. The number of morpholine rings is 1. The molecule has 1 fully saturated rings. The van der Waals surface area contributed by atoms with E-state index in [1.807, 2.05) is 24.3 Å². The van der Waals surface area contributed by atoms with Crippen LogP contribution in [0.1, 0.15) is 28.9 Å². The fourth-order valence-corrected chi connectivity index (χ4v) is 2.90. The third kappa shape index (κ3) is 4.15. The normalized spacial score (nSPS) is 18.3. The number of hydrogen-bond acceptors (Lipinski definition) is 3. The van der Waals surface area contributed by atoms with Crippen molar-refractivity contribution in [3.8, 4) is 0 Å². The zero-order valence-electron chi connectivity index (χ0n) is 13.7. The predicted molar refractivity (Wildman–Crippen MR) is 96.7 cm³/mol. The first-order chi connectivity index (χ1) is 11.7. The molecule has 1 heterocycles. The lowest BCUT2D eigenvalue weighted by Gasteiger charge is -2.32. The molecular weight excluding hydrogens is 324 g/mol. The van der Waals surface area contributed by atoms with Gasteiger partial charge in [0.25, 0.3) is 5.91 Å². The van der Waals surface area contributed by atoms with Crippen molar-refractivity contribution < 1.29 is 9.53 Å². The summed E-state index contributed by atoms with van der Waals surface area (Å²) in [6.45, 7) is 5.86. The van der Waals surface area contributed by atoms with E-state index in [4.69, 9.17) is 16.3 Å². The molecule has 0 aromatic heterocycles. The van der Waals surface area contributed by atoms with Crippen molar-refractivity contribution in [3.05, 3.63) is 64.7 Å². The van der Waals surface area contributed by atoms with E-state index in [1.165, 1.54) is 0 Å². The fourth-order valence-electron chi connectivity index (χ4n) is 2.78. The van der Waals surface area contributed by atoms with Gasteiger partial charge < -0.3 is 10.1 Å². The molecular formula is C19H21ClN2O2. The Hall–Kier alpha value is -1.88. The monoisotopic (exact) mass is 344 g/mol. The molecule has 2 aromatic rings. The highest BCUT2D eigenvalue weighted by Crippen LogP contribution is 2.23. The lowest BCUT2D eigenvalue weighted by molar-refractivity contribution is -0.0281. The van der Waals surface area contributed by atoms with Gasteiger partial charge in [0.05, 0.1) is 12.7 Å². The summed E-state index contributed by atoms with van der Waals surface area (Å²) in [6.07, 6.45) is 0.0970. The van der Waals surface area contributed by atoms with Gasteiger partial charge in [-0.1, -0.05) is 30.7 Å². The number of nitrogens with zero attached hydrogens (tertiary/aromatic N) is 1. The minimum Gasteiger partial charge on any atom is -0.371 e. The second kappa shape index (κ2) is 7.79. The summed E-state index contributed by atoms with van der Waals surface area (Å²) in [5.74, 6) is -0.148. The van der Waals surface area contributed by atoms with Crippen LogP contribution >= 0.6 is 11.6 Å². The molecule has 5 heteroatoms. The van der Waals surface area contributed by atoms with E-state index < -0.39 is 0 Å². The predicted octanol–water partition coefficient (Wildman–Crippen LogP) is 3.99. The van der Waals surface area contributed by atoms with E-state index in [1.54, 1.807) is 24.3 Å². The number of carbonyl (C=O) groups excluding carboxylic acids is 1. The van der Waals surface area contributed by atoms with Gasteiger partial charge in [-0.2, -0.15) is 0 Å². The van der Waals surface area contributed by atoms with Crippen molar-refractivity contribution in [2.45, 2.75) is 13.0 Å². The third-order valence-corrected chi connectivity index (χ3v) is 4.50. The summed E-state index contributed by atoms with van der Waals surface area (Å²) in [7, 11) is 0. The van der Waals surface area contributed by atoms with Crippen molar-refractivity contribution >= 4 is 23.2 Å². The van der Waals surface area contributed by atoms with Crippen molar-refractivity contribution in [2.24, 2.45) is 0 Å². The largest absolute Gasteiger partial charge is 0.371 e. The van der Waals surface area contributed by atoms with Crippen molar-refractivity contribution in [3.63, 3.8) is 0 Å². The summed E-state index contributed by atoms with van der Waals surface area (Å²) in [6, 6.07) is 14.7. The van der Waals surface area contributed by atoms with Gasteiger partial charge >= 0.3 is 0 Å². The number of carbonyl (C=O) groups is 1. The number of benzene rings is 2. The Labute approximate surface area is 147 Å². The number of nitrogens with one attached hydrogen (secondary N) is 1. The number of anilines is 1. The van der Waals surface area contributed by atoms with E-state index in [9.17, 15) is 4.79 Å². The summed E-state index contributed by atoms with van der Waals surface area (Å²) < 4.78 is 5.86. The second-order valence-corrected chi connectivity index (χ2v) is 6.27. The highest BCUT2D eigenvalue weighted by atomic mass is 35.5. The maximum absolute atomic E-state index is 12.2. The van der Waals surface area contributed by atoms with Gasteiger partial charge in [-0.05, 0) is 48.5 Å². The zero-order chi connectivity index (χ0) is 16.9. The van der Waals surface area contributed by atoms with Gasteiger partial charge in [-0.3, -0.25) is 9.69 Å². The van der Waals surface area contributed by atoms with Crippen molar-refractivity contribution in [2.75, 3.05) is 31.6 Å². The van der Waals surface area contributed by atoms with Gasteiger partial charge in [0.1, 0.15) is 0 Å². The Bertz CT molecular complexity index is 686. The van der Waals surface area contributed by atoms with Crippen LogP contribution in [0.15, 0.2) is 48.5 Å². The quantitative estimate of drug-likeness (QED) is 0.912. The summed E-state index contributed by atoms with van der Waals surface area (Å²) >= 11 is 5.84. The first-order valence-electron chi connectivity index (χ1n) is 8.16. The van der Waals surface area contributed by atoms with Crippen LogP contribution in [-0.4, -0.2) is 37.0 Å². The maximum atomic E-state index is 12.2. The third-order valence-electron chi connectivity index (χ3n) is 4.24. The maximum Gasteiger partial charge on any atom is 0.255 e. The molecule has 1 unspecified atom stereocenters. The van der Waals surface area contributed by atoms with Gasteiger partial charge in [0.2, 0.25) is 0 Å². The number of likely N-dealkylation sites (N-methyl/N-ethyl adjacent to an activating group) is 1. The van der Waals surface area contributed by atoms with Crippen LogP contribution in [0.4, 0.5) is 5.69 Å². The minimum absolute atomic E-state index is 0.0970. The molecule has 4 nitrogen and oxygen atoms in total. The van der Waals surface area contributed by atoms with Crippen LogP contribution in [0, 0.1) is 0 Å². The molecule has 1 aliphatic rings. The van der Waals surface area contributed by atoms with Crippen LogP contribution in [0.5, 0.6) is 0 Å². The van der Waals surface area contributed by atoms with Crippen LogP contribution in [-0.2, 0) is 4.74 Å². The fraction of sp³-hybridized carbons (Fsp3) is 0.316. The number of rotatable bonds is 4. The smallest absolute Gasteiger partial charge is 0.255 e. The number of ether oxygens (including phenoxy) is 1. The van der Waals surface area contributed by atoms with Gasteiger partial charge in [-0.15, -0.1) is 0 Å². The SMILES string of the molecule is CCN1CCOC(c2ccc(NC(=O)c3ccc(Cl)cc3)cc2)C1. The molecule has 126 valence electrons. The van der Waals surface area contributed by atoms with Gasteiger partial charge in [0.15, 0.2) is 0 Å². The van der Waals surface area contributed by atoms with Crippen LogP contribution in [0.2, 0.25) is 5.02 Å². The zero-order valence-corrected chi connectivity index (χ0v) is 14.4. The molecule has 1 atom stereocenters. The average molecular weight is 345 g/mol. The lowest BCUT2D eigenvalue weighted by atomic mass is 10.1. The lowest BCUT2D eigenvalue weighted by Crippen LogP contribution is -2.38. The van der Waals surface area contributed by atoms with E-state index >= 15 is 0 Å². The van der Waals surface area contributed by atoms with Crippen LogP contribution < -0.4 is 5.32 Å². The molecule has 24 heavy (non-hydrogen) atoms. The molecule has 3 rings (SSSR count). The number of amides is 1. The molecule has 0 saturated carbocycles. The first-order valence-corrected chi connectivity index (χ1v) is 8.54. The summed E-state index contributed by atoms with van der Waals surface area (Å²) in [4.78, 5) is 14.6. The Balaban J connectivity index is 1.64. The van der Waals surface area contributed by atoms with Gasteiger partial charge in [-0.25, -0.2) is 0 Å². The average Bonchev–Trinajstić information content (AvgIpc) is 2.63. The Morgan fingerprint density at radius 3 is 2.58 bits per heavy atom. The molecule has 1 amide bonds. The Morgan fingerprint density at radius 1 is 1.21 bits per heavy atom. The molecule has 2 aromatic carbocycles. The highest BCUT2D eigenvalue weighted by Gasteiger charge is 2.20. The van der Waals surface area contributed by atoms with Crippen molar-refractivity contribution in [1.29, 1.82) is 0 Å². The summed E-state index contributed by atoms with van der Waals surface area (Å²) in [5, 5.41) is 3.51. The Kier molecular flexibility index (Phi) is 5.51. The van der Waals surface area contributed by atoms with Crippen LogP contribution in [0.25, 0.3) is 0 Å². The number of halogens is 1. The molecule has 0 aliphatic carbocycles. The van der Waals surface area contributed by atoms with E-state index in [2.05, 4.69) is 17.1 Å². The topological polar surface area (TPSA) is 41.6 Å². The molecule has 0 spiro atoms.